The van der Waals surface area contributed by atoms with Crippen LogP contribution in [0, 0.1) is 5.92 Å². The number of nitrogens with zero attached hydrogens (tertiary/aromatic N) is 2. The van der Waals surface area contributed by atoms with Gasteiger partial charge in [-0.3, -0.25) is 9.59 Å². The molecule has 1 heterocycles. The average molecular weight is 527 g/mol. The molecule has 1 aliphatic heterocycles. The molecule has 0 radical (unpaired) electrons. The number of hydrogen-bond donors (Lipinski definition) is 2. The predicted octanol–water partition coefficient (Wildman–Crippen LogP) is 5.06. The summed E-state index contributed by atoms with van der Waals surface area (Å²) in [5.74, 6) is 0.894. The molecule has 0 bridgehead atoms. The fourth-order valence-corrected chi connectivity index (χ4v) is 5.11. The number of para-hydroxylation sites is 1. The minimum absolute atomic E-state index is 0.0587. The second-order valence-electron chi connectivity index (χ2n) is 10.5. The van der Waals surface area contributed by atoms with Gasteiger partial charge in [-0.05, 0) is 85.7 Å². The minimum atomic E-state index is -0.195. The molecule has 0 unspecified atom stereocenters. The van der Waals surface area contributed by atoms with Gasteiger partial charge >= 0.3 is 0 Å². The maximum atomic E-state index is 12.9. The molecule has 3 N–H and O–H groups in total. The van der Waals surface area contributed by atoms with Gasteiger partial charge in [0.2, 0.25) is 5.91 Å². The molecule has 0 atom stereocenters. The summed E-state index contributed by atoms with van der Waals surface area (Å²) in [4.78, 5) is 30.0. The van der Waals surface area contributed by atoms with Crippen molar-refractivity contribution in [2.24, 2.45) is 11.7 Å². The van der Waals surface area contributed by atoms with E-state index in [0.29, 0.717) is 25.4 Å². The van der Waals surface area contributed by atoms with Crippen LogP contribution in [0.5, 0.6) is 5.75 Å². The highest BCUT2D eigenvalue weighted by Gasteiger charge is 2.33. The zero-order valence-corrected chi connectivity index (χ0v) is 22.5. The Labute approximate surface area is 230 Å². The summed E-state index contributed by atoms with van der Waals surface area (Å²) < 4.78 is 5.68. The van der Waals surface area contributed by atoms with Crippen LogP contribution in [0.15, 0.2) is 72.8 Å². The lowest BCUT2D eigenvalue weighted by atomic mass is 10.0. The average Bonchev–Trinajstić information content (AvgIpc) is 3.68. The van der Waals surface area contributed by atoms with Crippen LogP contribution in [0.1, 0.15) is 37.7 Å². The summed E-state index contributed by atoms with van der Waals surface area (Å²) in [7, 11) is 0. The standard InChI is InChI=1S/C32H38N4O3/c33-16-7-19-36(32(38)25-12-13-25)22-24-8-6-9-26(20-24)27-14-15-30(35-17-4-5-18-35)29(21-27)34-31(37)23-39-28-10-2-1-3-11-28/h1-3,6,8-11,14-15,20-21,25H,4-5,7,12-13,16-19,22-23,33H2,(H,34,37). The Morgan fingerprint density at radius 2 is 1.72 bits per heavy atom. The zero-order valence-electron chi connectivity index (χ0n) is 22.5. The molecule has 3 aromatic rings. The van der Waals surface area contributed by atoms with E-state index in [9.17, 15) is 9.59 Å². The van der Waals surface area contributed by atoms with Crippen molar-refractivity contribution in [1.29, 1.82) is 0 Å². The Kier molecular flexibility index (Phi) is 8.78. The second-order valence-corrected chi connectivity index (χ2v) is 10.5. The first-order valence-corrected chi connectivity index (χ1v) is 14.1. The first kappa shape index (κ1) is 26.8. The van der Waals surface area contributed by atoms with Gasteiger partial charge in [0, 0.05) is 32.1 Å². The molecule has 7 nitrogen and oxygen atoms in total. The number of benzene rings is 3. The fraction of sp³-hybridized carbons (Fsp3) is 0.375. The van der Waals surface area contributed by atoms with Crippen LogP contribution in [-0.4, -0.2) is 49.5 Å². The van der Waals surface area contributed by atoms with E-state index in [0.717, 1.165) is 73.3 Å². The summed E-state index contributed by atoms with van der Waals surface area (Å²) in [6, 6.07) is 24.0. The third-order valence-corrected chi connectivity index (χ3v) is 7.33. The lowest BCUT2D eigenvalue weighted by Crippen LogP contribution is -2.33. The first-order valence-electron chi connectivity index (χ1n) is 14.1. The van der Waals surface area contributed by atoms with Crippen LogP contribution in [0.25, 0.3) is 11.1 Å². The van der Waals surface area contributed by atoms with Crippen molar-refractivity contribution < 1.29 is 14.3 Å². The van der Waals surface area contributed by atoms with Gasteiger partial charge in [-0.1, -0.05) is 42.5 Å². The Bertz CT molecular complexity index is 1270. The Hall–Kier alpha value is -3.84. The van der Waals surface area contributed by atoms with Gasteiger partial charge in [-0.25, -0.2) is 0 Å². The van der Waals surface area contributed by atoms with Crippen molar-refractivity contribution in [1.82, 2.24) is 4.90 Å². The van der Waals surface area contributed by atoms with Gasteiger partial charge in [0.25, 0.3) is 5.91 Å². The zero-order chi connectivity index (χ0) is 27.0. The second kappa shape index (κ2) is 12.8. The minimum Gasteiger partial charge on any atom is -0.484 e. The number of anilines is 2. The quantitative estimate of drug-likeness (QED) is 0.345. The number of carbonyl (C=O) groups is 2. The van der Waals surface area contributed by atoms with Crippen molar-refractivity contribution in [3.8, 4) is 16.9 Å². The molecular weight excluding hydrogens is 488 g/mol. The normalized spacial score (nSPS) is 14.7. The molecule has 0 spiro atoms. The van der Waals surface area contributed by atoms with Crippen LogP contribution < -0.4 is 20.7 Å². The van der Waals surface area contributed by atoms with E-state index in [1.807, 2.05) is 41.3 Å². The van der Waals surface area contributed by atoms with E-state index in [-0.39, 0.29) is 24.3 Å². The van der Waals surface area contributed by atoms with Crippen molar-refractivity contribution in [3.63, 3.8) is 0 Å². The van der Waals surface area contributed by atoms with Crippen molar-refractivity contribution in [3.05, 3.63) is 78.4 Å². The van der Waals surface area contributed by atoms with Crippen LogP contribution in [0.3, 0.4) is 0 Å². The predicted molar refractivity (Wildman–Crippen MR) is 156 cm³/mol. The number of amides is 2. The number of ether oxygens (including phenoxy) is 1. The van der Waals surface area contributed by atoms with Crippen molar-refractivity contribution in [2.45, 2.75) is 38.6 Å². The SMILES string of the molecule is NCCCN(Cc1cccc(-c2ccc(N3CCCC3)c(NC(=O)COc3ccccc3)c2)c1)C(=O)C1CC1. The number of nitrogens with one attached hydrogen (secondary N) is 1. The van der Waals surface area contributed by atoms with Crippen LogP contribution in [0.2, 0.25) is 0 Å². The van der Waals surface area contributed by atoms with Crippen molar-refractivity contribution in [2.75, 3.05) is 43.0 Å². The van der Waals surface area contributed by atoms with E-state index in [1.54, 1.807) is 0 Å². The molecule has 7 heteroatoms. The molecule has 2 aliphatic rings. The summed E-state index contributed by atoms with van der Waals surface area (Å²) in [5, 5.41) is 3.10. The van der Waals surface area contributed by atoms with Gasteiger partial charge < -0.3 is 25.6 Å². The molecule has 0 aromatic heterocycles. The molecule has 3 aromatic carbocycles. The van der Waals surface area contributed by atoms with E-state index in [1.165, 1.54) is 0 Å². The fourth-order valence-electron chi connectivity index (χ4n) is 5.11. The number of rotatable bonds is 12. The van der Waals surface area contributed by atoms with Gasteiger partial charge in [0.05, 0.1) is 11.4 Å². The van der Waals surface area contributed by atoms with Crippen LogP contribution >= 0.6 is 0 Å². The van der Waals surface area contributed by atoms with Crippen LogP contribution in [0.4, 0.5) is 11.4 Å². The lowest BCUT2D eigenvalue weighted by molar-refractivity contribution is -0.133. The molecule has 39 heavy (non-hydrogen) atoms. The number of carbonyl (C=O) groups excluding carboxylic acids is 2. The lowest BCUT2D eigenvalue weighted by Gasteiger charge is -2.24. The number of hydrogen-bond acceptors (Lipinski definition) is 5. The molecule has 1 saturated carbocycles. The van der Waals surface area contributed by atoms with E-state index < -0.39 is 0 Å². The summed E-state index contributed by atoms with van der Waals surface area (Å²) >= 11 is 0. The summed E-state index contributed by atoms with van der Waals surface area (Å²) in [6.07, 6.45) is 5.08. The molecule has 1 aliphatic carbocycles. The Morgan fingerprint density at radius 3 is 2.46 bits per heavy atom. The smallest absolute Gasteiger partial charge is 0.262 e. The van der Waals surface area contributed by atoms with Gasteiger partial charge in [0.15, 0.2) is 6.61 Å². The van der Waals surface area contributed by atoms with E-state index >= 15 is 0 Å². The van der Waals surface area contributed by atoms with E-state index in [2.05, 4.69) is 46.6 Å². The maximum absolute atomic E-state index is 12.9. The van der Waals surface area contributed by atoms with E-state index in [4.69, 9.17) is 10.5 Å². The third-order valence-electron chi connectivity index (χ3n) is 7.33. The van der Waals surface area contributed by atoms with Gasteiger partial charge in [-0.2, -0.15) is 0 Å². The highest BCUT2D eigenvalue weighted by atomic mass is 16.5. The molecule has 2 fully saturated rings. The van der Waals surface area contributed by atoms with Crippen molar-refractivity contribution >= 4 is 23.2 Å². The molecule has 1 saturated heterocycles. The maximum Gasteiger partial charge on any atom is 0.262 e. The highest BCUT2D eigenvalue weighted by Crippen LogP contribution is 2.35. The Balaban J connectivity index is 1.34. The highest BCUT2D eigenvalue weighted by molar-refractivity contribution is 5.96. The third kappa shape index (κ3) is 7.18. The summed E-state index contributed by atoms with van der Waals surface area (Å²) in [6.45, 7) is 3.73. The largest absolute Gasteiger partial charge is 0.484 e. The molecule has 2 amide bonds. The number of nitrogens with two attached hydrogens (primary N) is 1. The summed E-state index contributed by atoms with van der Waals surface area (Å²) in [5.41, 5.74) is 10.7. The Morgan fingerprint density at radius 1 is 0.949 bits per heavy atom. The van der Waals surface area contributed by atoms with Gasteiger partial charge in [-0.15, -0.1) is 0 Å². The molecule has 5 rings (SSSR count). The van der Waals surface area contributed by atoms with Crippen LogP contribution in [-0.2, 0) is 16.1 Å². The topological polar surface area (TPSA) is 87.9 Å². The first-order chi connectivity index (χ1) is 19.1. The molecular formula is C32H38N4O3. The monoisotopic (exact) mass is 526 g/mol. The molecule has 204 valence electrons. The van der Waals surface area contributed by atoms with Gasteiger partial charge in [0.1, 0.15) is 5.75 Å².